The summed E-state index contributed by atoms with van der Waals surface area (Å²) in [6.45, 7) is 6.08. The topological polar surface area (TPSA) is 70.1 Å². The summed E-state index contributed by atoms with van der Waals surface area (Å²) in [5.41, 5.74) is 0. The van der Waals surface area contributed by atoms with Crippen LogP contribution in [-0.4, -0.2) is 97.6 Å². The third-order valence-corrected chi connectivity index (χ3v) is 3.01. The van der Waals surface area contributed by atoms with Gasteiger partial charge in [-0.05, 0) is 6.92 Å². The molecule has 0 amide bonds. The molecule has 0 aromatic rings. The molecule has 6 nitrogen and oxygen atoms in total. The average Bonchev–Trinajstić information content (AvgIpc) is 2.16. The predicted molar refractivity (Wildman–Crippen MR) is 63.2 cm³/mol. The van der Waals surface area contributed by atoms with E-state index in [0.717, 1.165) is 26.2 Å². The van der Waals surface area contributed by atoms with Gasteiger partial charge in [0.2, 0.25) is 0 Å². The molecular weight excluding hydrogens is 243 g/mol. The first kappa shape index (κ1) is 16.8. The van der Waals surface area contributed by atoms with Crippen molar-refractivity contribution in [2.24, 2.45) is 0 Å². The normalized spacial score (nSPS) is 19.4. The monoisotopic (exact) mass is 262 g/mol. The molecule has 0 atom stereocenters. The first-order valence-electron chi connectivity index (χ1n) is 5.06. The van der Waals surface area contributed by atoms with Gasteiger partial charge in [-0.2, -0.15) is 13.5 Å². The van der Waals surface area contributed by atoms with Gasteiger partial charge in [-0.1, -0.05) is 0 Å². The first-order valence-corrected chi connectivity index (χ1v) is 6.67. The van der Waals surface area contributed by atoms with E-state index < -0.39 is 10.1 Å². The minimum absolute atomic E-state index is 0. The van der Waals surface area contributed by atoms with Crippen LogP contribution < -0.4 is 0 Å². The standard InChI is InChI=1S/C8H18N2O4S.Na.H/c1-2-14-10-5-3-9(4-6-10)7-8-15(11,12)13;;/h2-8H2,1H3,(H,11,12,13);;. The van der Waals surface area contributed by atoms with Gasteiger partial charge in [-0.15, -0.1) is 0 Å². The summed E-state index contributed by atoms with van der Waals surface area (Å²) in [4.78, 5) is 7.32. The summed E-state index contributed by atoms with van der Waals surface area (Å²) in [6, 6.07) is 0. The van der Waals surface area contributed by atoms with Crippen molar-refractivity contribution in [3.05, 3.63) is 0 Å². The van der Waals surface area contributed by atoms with Crippen molar-refractivity contribution >= 4 is 39.7 Å². The Hall–Kier alpha value is 0.790. The Labute approximate surface area is 119 Å². The van der Waals surface area contributed by atoms with Gasteiger partial charge in [0.05, 0.1) is 12.4 Å². The Kier molecular flexibility index (Phi) is 8.39. The van der Waals surface area contributed by atoms with E-state index in [2.05, 4.69) is 0 Å². The summed E-state index contributed by atoms with van der Waals surface area (Å²) in [5, 5.41) is 1.88. The van der Waals surface area contributed by atoms with Crippen LogP contribution >= 0.6 is 0 Å². The van der Waals surface area contributed by atoms with E-state index in [4.69, 9.17) is 9.39 Å². The van der Waals surface area contributed by atoms with Crippen LogP contribution in [0.1, 0.15) is 6.92 Å². The van der Waals surface area contributed by atoms with E-state index in [1.807, 2.05) is 16.9 Å². The average molecular weight is 262 g/mol. The molecule has 8 heteroatoms. The van der Waals surface area contributed by atoms with Gasteiger partial charge < -0.3 is 0 Å². The molecule has 0 radical (unpaired) electrons. The molecular formula is C8H19N2NaO4S. The fraction of sp³-hybridized carbons (Fsp3) is 1.00. The summed E-state index contributed by atoms with van der Waals surface area (Å²) >= 11 is 0. The zero-order valence-corrected chi connectivity index (χ0v) is 9.74. The number of hydroxylamine groups is 2. The van der Waals surface area contributed by atoms with Crippen LogP contribution in [0.2, 0.25) is 0 Å². The fourth-order valence-corrected chi connectivity index (χ4v) is 2.00. The minimum atomic E-state index is -3.83. The second kappa shape index (κ2) is 7.99. The maximum atomic E-state index is 10.5. The van der Waals surface area contributed by atoms with Crippen molar-refractivity contribution < 1.29 is 17.8 Å². The second-order valence-corrected chi connectivity index (χ2v) is 5.05. The van der Waals surface area contributed by atoms with Gasteiger partial charge in [0.15, 0.2) is 0 Å². The Morgan fingerprint density at radius 3 is 2.25 bits per heavy atom. The van der Waals surface area contributed by atoms with E-state index in [1.165, 1.54) is 0 Å². The van der Waals surface area contributed by atoms with Gasteiger partial charge in [-0.3, -0.25) is 14.3 Å². The molecule has 0 unspecified atom stereocenters. The third kappa shape index (κ3) is 7.18. The number of nitrogens with zero attached hydrogens (tertiary/aromatic N) is 2. The van der Waals surface area contributed by atoms with Crippen LogP contribution in [0, 0.1) is 0 Å². The van der Waals surface area contributed by atoms with E-state index in [9.17, 15) is 8.42 Å². The Bertz CT molecular complexity index is 278. The van der Waals surface area contributed by atoms with E-state index in [-0.39, 0.29) is 35.3 Å². The second-order valence-electron chi connectivity index (χ2n) is 3.47. The zero-order chi connectivity index (χ0) is 11.3. The van der Waals surface area contributed by atoms with Gasteiger partial charge in [0, 0.05) is 32.7 Å². The summed E-state index contributed by atoms with van der Waals surface area (Å²) in [5.74, 6) is -0.193. The van der Waals surface area contributed by atoms with E-state index in [1.54, 1.807) is 0 Å². The van der Waals surface area contributed by atoms with Crippen molar-refractivity contribution in [3.63, 3.8) is 0 Å². The molecule has 1 N–H and O–H groups in total. The molecule has 0 aromatic carbocycles. The summed E-state index contributed by atoms with van der Waals surface area (Å²) in [7, 11) is -3.83. The Balaban J connectivity index is 0.00000225. The Morgan fingerprint density at radius 1 is 1.25 bits per heavy atom. The van der Waals surface area contributed by atoms with Gasteiger partial charge in [-0.25, -0.2) is 0 Å². The molecule has 0 aliphatic carbocycles. The van der Waals surface area contributed by atoms with Crippen molar-refractivity contribution in [2.75, 3.05) is 45.1 Å². The predicted octanol–water partition coefficient (Wildman–Crippen LogP) is -1.21. The molecule has 1 saturated heterocycles. The molecule has 92 valence electrons. The van der Waals surface area contributed by atoms with Crippen LogP contribution in [0.4, 0.5) is 0 Å². The molecule has 0 aromatic heterocycles. The Morgan fingerprint density at radius 2 is 1.81 bits per heavy atom. The molecule has 1 fully saturated rings. The van der Waals surface area contributed by atoms with Crippen molar-refractivity contribution in [1.29, 1.82) is 0 Å². The SMILES string of the molecule is CCON1CCN(CCS(=O)(=O)O)CC1.[NaH]. The number of hydrogen-bond donors (Lipinski definition) is 1. The molecule has 16 heavy (non-hydrogen) atoms. The number of rotatable bonds is 5. The van der Waals surface area contributed by atoms with E-state index >= 15 is 0 Å². The van der Waals surface area contributed by atoms with Crippen molar-refractivity contribution in [2.45, 2.75) is 6.92 Å². The van der Waals surface area contributed by atoms with Crippen LogP contribution in [0.25, 0.3) is 0 Å². The van der Waals surface area contributed by atoms with Crippen molar-refractivity contribution in [1.82, 2.24) is 9.96 Å². The van der Waals surface area contributed by atoms with Gasteiger partial charge in [0.25, 0.3) is 10.1 Å². The van der Waals surface area contributed by atoms with Gasteiger partial charge >= 0.3 is 29.6 Å². The zero-order valence-electron chi connectivity index (χ0n) is 8.92. The molecule has 0 bridgehead atoms. The molecule has 1 heterocycles. The summed E-state index contributed by atoms with van der Waals surface area (Å²) < 4.78 is 29.7. The third-order valence-electron chi connectivity index (χ3n) is 2.31. The number of piperazine rings is 1. The van der Waals surface area contributed by atoms with Crippen molar-refractivity contribution in [3.8, 4) is 0 Å². The molecule has 1 aliphatic rings. The van der Waals surface area contributed by atoms with Gasteiger partial charge in [0.1, 0.15) is 0 Å². The van der Waals surface area contributed by atoms with Crippen LogP contribution in [0.15, 0.2) is 0 Å². The quantitative estimate of drug-likeness (QED) is 0.495. The fourth-order valence-electron chi connectivity index (χ4n) is 1.51. The van der Waals surface area contributed by atoms with Crippen LogP contribution in [-0.2, 0) is 15.0 Å². The van der Waals surface area contributed by atoms with E-state index in [0.29, 0.717) is 13.2 Å². The van der Waals surface area contributed by atoms with Crippen LogP contribution in [0.5, 0.6) is 0 Å². The molecule has 0 saturated carbocycles. The molecule has 1 rings (SSSR count). The maximum absolute atomic E-state index is 10.5. The molecule has 1 aliphatic heterocycles. The number of hydrogen-bond acceptors (Lipinski definition) is 5. The van der Waals surface area contributed by atoms with Crippen LogP contribution in [0.3, 0.4) is 0 Å². The first-order chi connectivity index (χ1) is 7.01. The molecule has 0 spiro atoms. The summed E-state index contributed by atoms with van der Waals surface area (Å²) in [6.07, 6.45) is 0.